The van der Waals surface area contributed by atoms with Crippen molar-refractivity contribution in [2.45, 2.75) is 25.5 Å². The molecule has 1 fully saturated rings. The molecular weight excluding hydrogens is 138 g/mol. The summed E-state index contributed by atoms with van der Waals surface area (Å²) in [7, 11) is 3.88. The maximum Gasteiger partial charge on any atom is 0.0736 e. The molecule has 1 saturated heterocycles. The molecule has 0 saturated carbocycles. The predicted molar refractivity (Wildman–Crippen MR) is 46.6 cm³/mol. The second-order valence-electron chi connectivity index (χ2n) is 3.27. The van der Waals surface area contributed by atoms with E-state index in [-0.39, 0.29) is 6.10 Å². The Labute approximate surface area is 68.8 Å². The van der Waals surface area contributed by atoms with Crippen molar-refractivity contribution in [2.75, 3.05) is 20.7 Å². The van der Waals surface area contributed by atoms with Crippen LogP contribution in [0.5, 0.6) is 0 Å². The Kier molecular flexibility index (Phi) is 2.68. The van der Waals surface area contributed by atoms with Crippen LogP contribution in [0.25, 0.3) is 0 Å². The van der Waals surface area contributed by atoms with Crippen LogP contribution in [0.4, 0.5) is 0 Å². The molecule has 0 unspecified atom stereocenters. The van der Waals surface area contributed by atoms with E-state index in [9.17, 15) is 0 Å². The lowest BCUT2D eigenvalue weighted by atomic mass is 10.1. The molecule has 1 aliphatic rings. The highest BCUT2D eigenvalue weighted by atomic mass is 16.5. The standard InChI is InChI=1S/C9H17NO/c1-7-5-6-10(3)9(7)8(2)11-4/h8-9H,1,5-6H2,2-4H3/t8-,9-/m0/s1. The van der Waals surface area contributed by atoms with Crippen molar-refractivity contribution in [2.24, 2.45) is 0 Å². The van der Waals surface area contributed by atoms with E-state index in [1.807, 2.05) is 0 Å². The molecule has 0 aromatic rings. The summed E-state index contributed by atoms with van der Waals surface area (Å²) in [6.07, 6.45) is 1.39. The topological polar surface area (TPSA) is 12.5 Å². The minimum absolute atomic E-state index is 0.273. The Bertz CT molecular complexity index is 156. The fourth-order valence-electron chi connectivity index (χ4n) is 1.74. The smallest absolute Gasteiger partial charge is 0.0736 e. The van der Waals surface area contributed by atoms with Crippen molar-refractivity contribution in [1.29, 1.82) is 0 Å². The molecule has 2 nitrogen and oxygen atoms in total. The highest BCUT2D eigenvalue weighted by Gasteiger charge is 2.29. The third kappa shape index (κ3) is 1.63. The first kappa shape index (κ1) is 8.75. The van der Waals surface area contributed by atoms with Gasteiger partial charge in [-0.25, -0.2) is 0 Å². The normalized spacial score (nSPS) is 29.4. The van der Waals surface area contributed by atoms with Crippen molar-refractivity contribution < 1.29 is 4.74 Å². The lowest BCUT2D eigenvalue weighted by molar-refractivity contribution is 0.0646. The van der Waals surface area contributed by atoms with Crippen LogP contribution in [0.3, 0.4) is 0 Å². The van der Waals surface area contributed by atoms with E-state index in [0.717, 1.165) is 13.0 Å². The van der Waals surface area contributed by atoms with E-state index in [1.165, 1.54) is 5.57 Å². The molecule has 0 N–H and O–H groups in total. The lowest BCUT2D eigenvalue weighted by Gasteiger charge is -2.25. The Morgan fingerprint density at radius 2 is 2.36 bits per heavy atom. The summed E-state index contributed by atoms with van der Waals surface area (Å²) >= 11 is 0. The molecule has 2 heteroatoms. The third-order valence-electron chi connectivity index (χ3n) is 2.50. The van der Waals surface area contributed by atoms with Crippen LogP contribution in [0.1, 0.15) is 13.3 Å². The van der Waals surface area contributed by atoms with Crippen LogP contribution in [0.2, 0.25) is 0 Å². The van der Waals surface area contributed by atoms with Gasteiger partial charge in [0.1, 0.15) is 0 Å². The first-order chi connectivity index (χ1) is 5.16. The maximum atomic E-state index is 5.27. The molecule has 0 spiro atoms. The average Bonchev–Trinajstić information content (AvgIpc) is 2.30. The summed E-state index contributed by atoms with van der Waals surface area (Å²) in [5, 5.41) is 0. The van der Waals surface area contributed by atoms with E-state index in [1.54, 1.807) is 7.11 Å². The van der Waals surface area contributed by atoms with Gasteiger partial charge in [-0.3, -0.25) is 4.90 Å². The first-order valence-corrected chi connectivity index (χ1v) is 4.07. The first-order valence-electron chi connectivity index (χ1n) is 4.07. The Morgan fingerprint density at radius 1 is 1.73 bits per heavy atom. The number of ether oxygens (including phenoxy) is 1. The molecule has 11 heavy (non-hydrogen) atoms. The molecule has 2 atom stereocenters. The highest BCUT2D eigenvalue weighted by molar-refractivity contribution is 5.13. The number of hydrogen-bond donors (Lipinski definition) is 0. The summed E-state index contributed by atoms with van der Waals surface area (Å²) in [5.41, 5.74) is 1.31. The van der Waals surface area contributed by atoms with Gasteiger partial charge in [0.15, 0.2) is 0 Å². The van der Waals surface area contributed by atoms with Crippen molar-refractivity contribution in [1.82, 2.24) is 4.90 Å². The van der Waals surface area contributed by atoms with Gasteiger partial charge >= 0.3 is 0 Å². The lowest BCUT2D eigenvalue weighted by Crippen LogP contribution is -2.36. The second-order valence-corrected chi connectivity index (χ2v) is 3.27. The summed E-state index contributed by atoms with van der Waals surface area (Å²) in [6, 6.07) is 0.431. The van der Waals surface area contributed by atoms with Gasteiger partial charge in [0.05, 0.1) is 12.1 Å². The Hall–Kier alpha value is -0.340. The van der Waals surface area contributed by atoms with Crippen molar-refractivity contribution in [3.63, 3.8) is 0 Å². The number of methoxy groups -OCH3 is 1. The molecule has 0 amide bonds. The summed E-state index contributed by atoms with van der Waals surface area (Å²) in [4.78, 5) is 2.30. The van der Waals surface area contributed by atoms with Gasteiger partial charge in [0.2, 0.25) is 0 Å². The van der Waals surface area contributed by atoms with Gasteiger partial charge in [-0.05, 0) is 20.4 Å². The molecule has 1 aliphatic heterocycles. The van der Waals surface area contributed by atoms with Gasteiger partial charge in [-0.1, -0.05) is 12.2 Å². The van der Waals surface area contributed by atoms with Crippen LogP contribution in [-0.4, -0.2) is 37.7 Å². The molecule has 0 radical (unpaired) electrons. The molecule has 0 aromatic carbocycles. The fraction of sp³-hybridized carbons (Fsp3) is 0.778. The number of likely N-dealkylation sites (tertiary alicyclic amines) is 1. The zero-order valence-electron chi connectivity index (χ0n) is 7.63. The fourth-order valence-corrected chi connectivity index (χ4v) is 1.74. The average molecular weight is 155 g/mol. The second kappa shape index (κ2) is 3.37. The highest BCUT2D eigenvalue weighted by Crippen LogP contribution is 2.23. The van der Waals surface area contributed by atoms with E-state index in [0.29, 0.717) is 6.04 Å². The molecule has 0 aromatic heterocycles. The number of rotatable bonds is 2. The van der Waals surface area contributed by atoms with Gasteiger partial charge < -0.3 is 4.74 Å². The van der Waals surface area contributed by atoms with E-state index >= 15 is 0 Å². The zero-order valence-corrected chi connectivity index (χ0v) is 7.63. The van der Waals surface area contributed by atoms with E-state index in [4.69, 9.17) is 4.74 Å². The minimum Gasteiger partial charge on any atom is -0.380 e. The predicted octanol–water partition coefficient (Wildman–Crippen LogP) is 1.28. The number of hydrogen-bond acceptors (Lipinski definition) is 2. The summed E-state index contributed by atoms with van der Waals surface area (Å²) in [5.74, 6) is 0. The van der Waals surface area contributed by atoms with Gasteiger partial charge in [-0.2, -0.15) is 0 Å². The Balaban J connectivity index is 2.60. The SMILES string of the molecule is C=C1CCN(C)[C@@H]1[C@H](C)OC. The molecule has 1 rings (SSSR count). The number of likely N-dealkylation sites (N-methyl/N-ethyl adjacent to an activating group) is 1. The Morgan fingerprint density at radius 3 is 2.73 bits per heavy atom. The minimum atomic E-state index is 0.273. The van der Waals surface area contributed by atoms with Gasteiger partial charge in [-0.15, -0.1) is 0 Å². The maximum absolute atomic E-state index is 5.27. The molecule has 0 bridgehead atoms. The monoisotopic (exact) mass is 155 g/mol. The van der Waals surface area contributed by atoms with Crippen LogP contribution < -0.4 is 0 Å². The van der Waals surface area contributed by atoms with Crippen LogP contribution in [0.15, 0.2) is 12.2 Å². The van der Waals surface area contributed by atoms with Crippen molar-refractivity contribution in [3.8, 4) is 0 Å². The van der Waals surface area contributed by atoms with Gasteiger partial charge in [0.25, 0.3) is 0 Å². The summed E-state index contributed by atoms with van der Waals surface area (Å²) in [6.45, 7) is 7.25. The molecule has 64 valence electrons. The molecule has 1 heterocycles. The van der Waals surface area contributed by atoms with Crippen molar-refractivity contribution in [3.05, 3.63) is 12.2 Å². The third-order valence-corrected chi connectivity index (χ3v) is 2.50. The largest absolute Gasteiger partial charge is 0.380 e. The van der Waals surface area contributed by atoms with Crippen molar-refractivity contribution >= 4 is 0 Å². The van der Waals surface area contributed by atoms with Crippen LogP contribution >= 0.6 is 0 Å². The number of nitrogens with zero attached hydrogens (tertiary/aromatic N) is 1. The summed E-state index contributed by atoms with van der Waals surface area (Å²) < 4.78 is 5.27. The van der Waals surface area contributed by atoms with Crippen LogP contribution in [-0.2, 0) is 4.74 Å². The van der Waals surface area contributed by atoms with Crippen LogP contribution in [0, 0.1) is 0 Å². The quantitative estimate of drug-likeness (QED) is 0.557. The molecular formula is C9H17NO. The zero-order chi connectivity index (χ0) is 8.43. The van der Waals surface area contributed by atoms with E-state index < -0.39 is 0 Å². The molecule has 0 aliphatic carbocycles. The van der Waals surface area contributed by atoms with E-state index in [2.05, 4.69) is 25.5 Å². The van der Waals surface area contributed by atoms with Gasteiger partial charge in [0, 0.05) is 13.7 Å².